The predicted octanol–water partition coefficient (Wildman–Crippen LogP) is 3.94. The number of anilines is 3. The van der Waals surface area contributed by atoms with E-state index in [1.54, 1.807) is 13.0 Å². The summed E-state index contributed by atoms with van der Waals surface area (Å²) in [6.45, 7) is 9.64. The van der Waals surface area contributed by atoms with Crippen LogP contribution in [0, 0.1) is 6.92 Å². The van der Waals surface area contributed by atoms with Gasteiger partial charge in [-0.3, -0.25) is 4.79 Å². The van der Waals surface area contributed by atoms with E-state index in [-0.39, 0.29) is 11.3 Å². The number of hydrogen-bond acceptors (Lipinski definition) is 5. The third-order valence-corrected chi connectivity index (χ3v) is 2.88. The number of Topliss-reactive ketones (excluding diaryl/α,β-unsaturated/α-hetero) is 1. The van der Waals surface area contributed by atoms with Gasteiger partial charge in [-0.25, -0.2) is 9.97 Å². The van der Waals surface area contributed by atoms with Gasteiger partial charge in [0, 0.05) is 22.9 Å². The van der Waals surface area contributed by atoms with Gasteiger partial charge in [-0.2, -0.15) is 0 Å². The Bertz CT molecular complexity index is 689. The van der Waals surface area contributed by atoms with Crippen molar-refractivity contribution in [3.63, 3.8) is 0 Å². The minimum absolute atomic E-state index is 0.0395. The second-order valence-electron chi connectivity index (χ2n) is 6.32. The molecule has 0 unspecified atom stereocenters. The summed E-state index contributed by atoms with van der Waals surface area (Å²) in [5.74, 6) is 2.18. The summed E-state index contributed by atoms with van der Waals surface area (Å²) < 4.78 is 0. The van der Waals surface area contributed by atoms with Crippen LogP contribution in [0.25, 0.3) is 0 Å². The average Bonchev–Trinajstić information content (AvgIpc) is 2.36. The number of aryl methyl sites for hydroxylation is 1. The Balaban J connectivity index is 2.26. The van der Waals surface area contributed by atoms with Crippen molar-refractivity contribution in [3.05, 3.63) is 41.7 Å². The van der Waals surface area contributed by atoms with Crippen LogP contribution in [0.15, 0.2) is 30.3 Å². The first kappa shape index (κ1) is 15.9. The summed E-state index contributed by atoms with van der Waals surface area (Å²) >= 11 is 0. The van der Waals surface area contributed by atoms with E-state index in [9.17, 15) is 4.79 Å². The van der Waals surface area contributed by atoms with Crippen LogP contribution in [0.4, 0.5) is 17.3 Å². The quantitative estimate of drug-likeness (QED) is 0.837. The van der Waals surface area contributed by atoms with Crippen LogP contribution in [0.3, 0.4) is 0 Å². The number of aromatic nitrogens is 2. The molecule has 5 heteroatoms. The van der Waals surface area contributed by atoms with Crippen LogP contribution in [0.2, 0.25) is 0 Å². The fraction of sp³-hybridized carbons (Fsp3) is 0.353. The van der Waals surface area contributed by atoms with Gasteiger partial charge in [0.1, 0.15) is 17.5 Å². The van der Waals surface area contributed by atoms with Crippen molar-refractivity contribution < 1.29 is 4.79 Å². The van der Waals surface area contributed by atoms with Gasteiger partial charge < -0.3 is 10.6 Å². The first-order valence-corrected chi connectivity index (χ1v) is 7.25. The molecular weight excluding hydrogens is 276 g/mol. The number of ketones is 1. The number of benzene rings is 1. The molecule has 0 bridgehead atoms. The highest BCUT2D eigenvalue weighted by atomic mass is 16.1. The maximum absolute atomic E-state index is 11.5. The van der Waals surface area contributed by atoms with E-state index < -0.39 is 0 Å². The van der Waals surface area contributed by atoms with E-state index in [2.05, 4.69) is 41.4 Å². The number of hydrogen-bond donors (Lipinski definition) is 2. The molecule has 116 valence electrons. The molecule has 0 saturated carbocycles. The fourth-order valence-electron chi connectivity index (χ4n) is 2.04. The van der Waals surface area contributed by atoms with Gasteiger partial charge in [0.15, 0.2) is 5.78 Å². The largest absolute Gasteiger partial charge is 0.365 e. The zero-order valence-electron chi connectivity index (χ0n) is 13.7. The van der Waals surface area contributed by atoms with Gasteiger partial charge in [0.05, 0.1) is 0 Å². The molecular formula is C17H22N4O. The van der Waals surface area contributed by atoms with E-state index >= 15 is 0 Å². The van der Waals surface area contributed by atoms with Crippen LogP contribution >= 0.6 is 0 Å². The van der Waals surface area contributed by atoms with Crippen molar-refractivity contribution in [1.82, 2.24) is 9.97 Å². The van der Waals surface area contributed by atoms with Gasteiger partial charge in [0.25, 0.3) is 0 Å². The lowest BCUT2D eigenvalue weighted by atomic mass is 10.1. The molecule has 1 heterocycles. The number of carbonyl (C=O) groups excluding carboxylic acids is 1. The van der Waals surface area contributed by atoms with Crippen molar-refractivity contribution in [2.45, 2.75) is 40.2 Å². The molecule has 0 aliphatic rings. The van der Waals surface area contributed by atoms with Crippen LogP contribution in [-0.2, 0) is 0 Å². The highest BCUT2D eigenvalue weighted by Gasteiger charge is 2.12. The molecule has 1 aromatic carbocycles. The van der Waals surface area contributed by atoms with E-state index in [4.69, 9.17) is 0 Å². The summed E-state index contributed by atoms with van der Waals surface area (Å²) in [5.41, 5.74) is 1.42. The summed E-state index contributed by atoms with van der Waals surface area (Å²) in [6.07, 6.45) is 0. The maximum Gasteiger partial charge on any atom is 0.159 e. The summed E-state index contributed by atoms with van der Waals surface area (Å²) in [5, 5.41) is 6.56. The highest BCUT2D eigenvalue weighted by molar-refractivity contribution is 5.95. The Morgan fingerprint density at radius 2 is 1.77 bits per heavy atom. The smallest absolute Gasteiger partial charge is 0.159 e. The lowest BCUT2D eigenvalue weighted by Crippen LogP contribution is -2.26. The first-order chi connectivity index (χ1) is 10.2. The lowest BCUT2D eigenvalue weighted by Gasteiger charge is -2.21. The van der Waals surface area contributed by atoms with Crippen molar-refractivity contribution >= 4 is 23.1 Å². The summed E-state index contributed by atoms with van der Waals surface area (Å²) in [7, 11) is 0. The van der Waals surface area contributed by atoms with Crippen LogP contribution < -0.4 is 10.6 Å². The second kappa shape index (κ2) is 6.13. The van der Waals surface area contributed by atoms with Gasteiger partial charge >= 0.3 is 0 Å². The number of nitrogens with one attached hydrogen (secondary N) is 2. The molecule has 5 nitrogen and oxygen atoms in total. The first-order valence-electron chi connectivity index (χ1n) is 7.25. The molecule has 0 saturated heterocycles. The third-order valence-electron chi connectivity index (χ3n) is 2.88. The maximum atomic E-state index is 11.5. The molecule has 2 rings (SSSR count). The molecule has 1 aromatic heterocycles. The van der Waals surface area contributed by atoms with Crippen LogP contribution in [0.5, 0.6) is 0 Å². The van der Waals surface area contributed by atoms with Crippen LogP contribution in [-0.4, -0.2) is 21.3 Å². The van der Waals surface area contributed by atoms with Crippen molar-refractivity contribution in [3.8, 4) is 0 Å². The monoisotopic (exact) mass is 298 g/mol. The molecule has 0 fully saturated rings. The van der Waals surface area contributed by atoms with Gasteiger partial charge in [-0.15, -0.1) is 0 Å². The van der Waals surface area contributed by atoms with E-state index in [0.717, 1.165) is 11.5 Å². The molecule has 2 N–H and O–H groups in total. The SMILES string of the molecule is CC(=O)c1cccc(Nc2cc(NC(C)(C)C)nc(C)n2)c1. The number of carbonyl (C=O) groups is 1. The topological polar surface area (TPSA) is 66.9 Å². The molecule has 2 aromatic rings. The average molecular weight is 298 g/mol. The Morgan fingerprint density at radius 3 is 2.41 bits per heavy atom. The van der Waals surface area contributed by atoms with Crippen LogP contribution in [0.1, 0.15) is 43.9 Å². The third kappa shape index (κ3) is 4.55. The summed E-state index contributed by atoms with van der Waals surface area (Å²) in [6, 6.07) is 9.23. The van der Waals surface area contributed by atoms with E-state index in [0.29, 0.717) is 17.2 Å². The molecule has 22 heavy (non-hydrogen) atoms. The normalized spacial score (nSPS) is 11.1. The van der Waals surface area contributed by atoms with Crippen molar-refractivity contribution in [2.24, 2.45) is 0 Å². The summed E-state index contributed by atoms with van der Waals surface area (Å²) in [4.78, 5) is 20.2. The number of nitrogens with zero attached hydrogens (tertiary/aromatic N) is 2. The fourth-order valence-corrected chi connectivity index (χ4v) is 2.04. The second-order valence-corrected chi connectivity index (χ2v) is 6.32. The Kier molecular flexibility index (Phi) is 4.45. The molecule has 0 atom stereocenters. The minimum atomic E-state index is -0.0768. The van der Waals surface area contributed by atoms with E-state index in [1.165, 1.54) is 0 Å². The standard InChI is InChI=1S/C17H22N4O/c1-11(22)13-7-6-8-14(9-13)20-15-10-16(19-12(2)18-15)21-17(3,4)5/h6-10H,1-5H3,(H2,18,19,20,21). The molecule has 0 aliphatic heterocycles. The van der Waals surface area contributed by atoms with Gasteiger partial charge in [-0.05, 0) is 46.8 Å². The molecule has 0 radical (unpaired) electrons. The Hall–Kier alpha value is -2.43. The molecule has 0 amide bonds. The number of rotatable bonds is 4. The highest BCUT2D eigenvalue weighted by Crippen LogP contribution is 2.20. The lowest BCUT2D eigenvalue weighted by molar-refractivity contribution is 0.101. The van der Waals surface area contributed by atoms with Crippen molar-refractivity contribution in [1.29, 1.82) is 0 Å². The van der Waals surface area contributed by atoms with Gasteiger partial charge in [-0.1, -0.05) is 12.1 Å². The minimum Gasteiger partial charge on any atom is -0.365 e. The zero-order valence-corrected chi connectivity index (χ0v) is 13.7. The Morgan fingerprint density at radius 1 is 1.09 bits per heavy atom. The zero-order chi connectivity index (χ0) is 16.3. The molecule has 0 spiro atoms. The molecule has 0 aliphatic carbocycles. The predicted molar refractivity (Wildman–Crippen MR) is 89.9 cm³/mol. The Labute approximate surface area is 131 Å². The van der Waals surface area contributed by atoms with Crippen molar-refractivity contribution in [2.75, 3.05) is 10.6 Å². The van der Waals surface area contributed by atoms with E-state index in [1.807, 2.05) is 31.2 Å². The van der Waals surface area contributed by atoms with Gasteiger partial charge in [0.2, 0.25) is 0 Å².